The number of benzene rings is 2. The molecular formula is C45H65N3O5S. The second kappa shape index (κ2) is 22.0. The summed E-state index contributed by atoms with van der Waals surface area (Å²) in [6.45, 7) is 13.6. The first-order chi connectivity index (χ1) is 26.0. The highest BCUT2D eigenvalue weighted by Crippen LogP contribution is 2.46. The average Bonchev–Trinajstić information content (AvgIpc) is 3.53. The van der Waals surface area contributed by atoms with Crippen molar-refractivity contribution >= 4 is 34.7 Å². The van der Waals surface area contributed by atoms with E-state index in [1.54, 1.807) is 7.11 Å². The fourth-order valence-electron chi connectivity index (χ4n) is 7.32. The first-order valence-electron chi connectivity index (χ1n) is 20.4. The van der Waals surface area contributed by atoms with Crippen molar-refractivity contribution < 1.29 is 23.8 Å². The van der Waals surface area contributed by atoms with E-state index in [0.29, 0.717) is 34.0 Å². The lowest BCUT2D eigenvalue weighted by molar-refractivity contribution is -0.143. The van der Waals surface area contributed by atoms with Gasteiger partial charge in [0.1, 0.15) is 5.75 Å². The molecule has 1 aromatic heterocycles. The van der Waals surface area contributed by atoms with Crippen LogP contribution in [0.3, 0.4) is 0 Å². The molecule has 1 aliphatic rings. The van der Waals surface area contributed by atoms with Crippen LogP contribution < -0.4 is 10.1 Å². The Kier molecular flexibility index (Phi) is 17.5. The highest BCUT2D eigenvalue weighted by Gasteiger charge is 2.42. The topological polar surface area (TPSA) is 103 Å². The van der Waals surface area contributed by atoms with Crippen molar-refractivity contribution in [1.82, 2.24) is 15.3 Å². The Morgan fingerprint density at radius 2 is 1.39 bits per heavy atom. The van der Waals surface area contributed by atoms with Crippen LogP contribution >= 0.6 is 11.8 Å². The number of aromatic nitrogens is 2. The van der Waals surface area contributed by atoms with E-state index in [1.807, 2.05) is 58.9 Å². The summed E-state index contributed by atoms with van der Waals surface area (Å²) in [6, 6.07) is 12.2. The smallest absolute Gasteiger partial charge is 0.337 e. The van der Waals surface area contributed by atoms with E-state index in [2.05, 4.69) is 36.3 Å². The number of rotatable bonds is 23. The molecule has 0 amide bonds. The molecule has 0 radical (unpaired) electrons. The van der Waals surface area contributed by atoms with Gasteiger partial charge >= 0.3 is 11.9 Å². The Bertz CT molecular complexity index is 1740. The lowest BCUT2D eigenvalue weighted by Crippen LogP contribution is -2.35. The molecule has 1 atom stereocenters. The van der Waals surface area contributed by atoms with Crippen molar-refractivity contribution in [2.75, 3.05) is 12.9 Å². The number of unbranched alkanes of at least 4 members (excludes halogenated alkanes) is 12. The maximum atomic E-state index is 14.3. The molecule has 296 valence electrons. The quantitative estimate of drug-likeness (QED) is 0.0560. The van der Waals surface area contributed by atoms with Crippen molar-refractivity contribution in [3.05, 3.63) is 75.6 Å². The second-order valence-corrected chi connectivity index (χ2v) is 16.2. The number of fused-ring (bicyclic) bond motifs is 1. The van der Waals surface area contributed by atoms with Gasteiger partial charge < -0.3 is 24.5 Å². The summed E-state index contributed by atoms with van der Waals surface area (Å²) < 4.78 is 17.8. The minimum Gasteiger partial charge on any atom is -0.496 e. The van der Waals surface area contributed by atoms with Gasteiger partial charge in [0.05, 0.1) is 47.4 Å². The van der Waals surface area contributed by atoms with Gasteiger partial charge in [0.15, 0.2) is 5.16 Å². The fraction of sp³-hybridized carbons (Fsp3) is 0.578. The molecule has 1 aliphatic heterocycles. The minimum absolute atomic E-state index is 0.342. The Morgan fingerprint density at radius 1 is 0.796 bits per heavy atom. The molecule has 0 bridgehead atoms. The third-order valence-corrected chi connectivity index (χ3v) is 10.9. The van der Waals surface area contributed by atoms with Crippen molar-refractivity contribution in [2.45, 2.75) is 162 Å². The van der Waals surface area contributed by atoms with Crippen LogP contribution in [0.2, 0.25) is 0 Å². The molecule has 0 fully saturated rings. The monoisotopic (exact) mass is 759 g/mol. The average molecular weight is 760 g/mol. The SMILES string of the molecule is CCCCCCCCCCCCCCCc1cccc(OC)c1C1C(C(=O)OC(C)C)=C(C)NC(CSc2nc3ccc(C)cc3[nH]2)=C1C(=O)OC(C)C. The van der Waals surface area contributed by atoms with Crippen molar-refractivity contribution in [1.29, 1.82) is 0 Å². The van der Waals surface area contributed by atoms with E-state index in [0.717, 1.165) is 52.1 Å². The molecule has 9 heteroatoms. The van der Waals surface area contributed by atoms with Crippen LogP contribution in [-0.2, 0) is 25.5 Å². The summed E-state index contributed by atoms with van der Waals surface area (Å²) >= 11 is 1.50. The van der Waals surface area contributed by atoms with Crippen LogP contribution in [0.1, 0.15) is 148 Å². The van der Waals surface area contributed by atoms with Crippen molar-refractivity contribution in [2.24, 2.45) is 0 Å². The number of carbonyl (C=O) groups is 2. The zero-order valence-electron chi connectivity index (χ0n) is 34.2. The number of allylic oxidation sites excluding steroid dienone is 1. The van der Waals surface area contributed by atoms with Gasteiger partial charge in [-0.2, -0.15) is 0 Å². The molecule has 2 aromatic carbocycles. The zero-order valence-corrected chi connectivity index (χ0v) is 35.0. The van der Waals surface area contributed by atoms with Gasteiger partial charge in [-0.05, 0) is 83.7 Å². The molecule has 0 saturated heterocycles. The van der Waals surface area contributed by atoms with Crippen LogP contribution in [0.5, 0.6) is 5.75 Å². The summed E-state index contributed by atoms with van der Waals surface area (Å²) in [6.07, 6.45) is 16.8. The van der Waals surface area contributed by atoms with Crippen LogP contribution in [-0.4, -0.2) is 47.0 Å². The Hall–Kier alpha value is -3.72. The number of imidazole rings is 1. The summed E-state index contributed by atoms with van der Waals surface area (Å²) in [5.41, 5.74) is 6.95. The number of carbonyl (C=O) groups excluding carboxylic acids is 2. The van der Waals surface area contributed by atoms with Crippen LogP contribution in [0, 0.1) is 6.92 Å². The van der Waals surface area contributed by atoms with E-state index >= 15 is 0 Å². The summed E-state index contributed by atoms with van der Waals surface area (Å²) in [4.78, 5) is 36.6. The minimum atomic E-state index is -0.759. The summed E-state index contributed by atoms with van der Waals surface area (Å²) in [5.74, 6) is -0.673. The Balaban J connectivity index is 1.61. The van der Waals surface area contributed by atoms with Gasteiger partial charge in [-0.25, -0.2) is 14.6 Å². The van der Waals surface area contributed by atoms with Crippen LogP contribution in [0.15, 0.2) is 64.1 Å². The van der Waals surface area contributed by atoms with Gasteiger partial charge in [-0.1, -0.05) is 114 Å². The number of hydrogen-bond acceptors (Lipinski definition) is 8. The fourth-order valence-corrected chi connectivity index (χ4v) is 8.17. The standard InChI is InChI=1S/C45H65N3O5S/c1-9-10-11-12-13-14-15-16-17-18-19-20-21-23-34-24-22-25-38(51-8)40(34)42-39(43(49)52-30(2)3)33(7)46-37(41(42)44(50)53-31(4)5)29-54-45-47-35-27-26-32(6)28-36(35)48-45/h22,24-28,30-31,42,46H,9-21,23,29H2,1-8H3,(H,47,48). The van der Waals surface area contributed by atoms with Crippen LogP contribution in [0.25, 0.3) is 11.0 Å². The number of thioether (sulfide) groups is 1. The maximum absolute atomic E-state index is 14.3. The number of aryl methyl sites for hydroxylation is 2. The molecule has 1 unspecified atom stereocenters. The maximum Gasteiger partial charge on any atom is 0.337 e. The molecule has 0 aliphatic carbocycles. The number of nitrogens with one attached hydrogen (secondary N) is 2. The number of hydrogen-bond donors (Lipinski definition) is 2. The van der Waals surface area contributed by atoms with Gasteiger partial charge in [0.2, 0.25) is 0 Å². The molecule has 2 N–H and O–H groups in total. The molecule has 3 aromatic rings. The first kappa shape index (κ1) is 43.0. The molecule has 0 spiro atoms. The normalized spacial score (nSPS) is 14.7. The zero-order chi connectivity index (χ0) is 39.0. The second-order valence-electron chi connectivity index (χ2n) is 15.3. The number of methoxy groups -OCH3 is 1. The number of H-pyrrole nitrogens is 1. The molecule has 4 rings (SSSR count). The lowest BCUT2D eigenvalue weighted by Gasteiger charge is -2.34. The molecule has 8 nitrogen and oxygen atoms in total. The van der Waals surface area contributed by atoms with E-state index < -0.39 is 17.9 Å². The number of nitrogens with zero attached hydrogens (tertiary/aromatic N) is 1. The molecule has 54 heavy (non-hydrogen) atoms. The van der Waals surface area contributed by atoms with Gasteiger partial charge in [0.25, 0.3) is 0 Å². The summed E-state index contributed by atoms with van der Waals surface area (Å²) in [5, 5.41) is 4.19. The van der Waals surface area contributed by atoms with E-state index in [9.17, 15) is 9.59 Å². The molecular weight excluding hydrogens is 695 g/mol. The van der Waals surface area contributed by atoms with E-state index in [4.69, 9.17) is 19.2 Å². The Morgan fingerprint density at radius 3 is 1.98 bits per heavy atom. The predicted octanol–water partition coefficient (Wildman–Crippen LogP) is 11.4. The van der Waals surface area contributed by atoms with Gasteiger partial charge in [-0.15, -0.1) is 0 Å². The third kappa shape index (κ3) is 12.4. The molecule has 0 saturated carbocycles. The largest absolute Gasteiger partial charge is 0.496 e. The van der Waals surface area contributed by atoms with Crippen molar-refractivity contribution in [3.8, 4) is 5.75 Å². The third-order valence-electron chi connectivity index (χ3n) is 9.95. The number of aromatic amines is 1. The number of esters is 2. The highest BCUT2D eigenvalue weighted by atomic mass is 32.2. The van der Waals surface area contributed by atoms with E-state index in [-0.39, 0.29) is 12.2 Å². The lowest BCUT2D eigenvalue weighted by atomic mass is 9.77. The Labute approximate surface area is 328 Å². The van der Waals surface area contributed by atoms with E-state index in [1.165, 1.54) is 82.4 Å². The number of dihydropyridines is 1. The first-order valence-corrected chi connectivity index (χ1v) is 21.4. The highest BCUT2D eigenvalue weighted by molar-refractivity contribution is 7.99. The summed E-state index contributed by atoms with van der Waals surface area (Å²) in [7, 11) is 1.65. The van der Waals surface area contributed by atoms with Crippen LogP contribution in [0.4, 0.5) is 0 Å². The van der Waals surface area contributed by atoms with Gasteiger partial charge in [-0.3, -0.25) is 0 Å². The van der Waals surface area contributed by atoms with Crippen molar-refractivity contribution in [3.63, 3.8) is 0 Å². The predicted molar refractivity (Wildman–Crippen MR) is 222 cm³/mol. The van der Waals surface area contributed by atoms with Gasteiger partial charge in [0, 0.05) is 22.7 Å². The number of ether oxygens (including phenoxy) is 3. The molecule has 2 heterocycles.